The number of esters is 1. The molecule has 222 valence electrons. The van der Waals surface area contributed by atoms with Crippen molar-refractivity contribution in [2.75, 3.05) is 13.6 Å². The Morgan fingerprint density at radius 2 is 1.88 bits per heavy atom. The Morgan fingerprint density at radius 3 is 2.59 bits per heavy atom. The van der Waals surface area contributed by atoms with Gasteiger partial charge in [-0.25, -0.2) is 4.79 Å². The van der Waals surface area contributed by atoms with Gasteiger partial charge in [0.2, 0.25) is 0 Å². The van der Waals surface area contributed by atoms with E-state index >= 15 is 0 Å². The normalized spacial score (nSPS) is 39.9. The standard InChI is InChI=1S/C32H41NO8/c1-29-11-8-25-26(32(29,38)14-10-24(29)21-5-6-27(35)40-19-21)9-13-31(37)16-22(7-12-30(25,31)20-34)41-28(36)18-33(2)17-23-4-3-15-39-23/h3-6,15,19-20,22,24-26,37-38H,7-14,16-18H2,1-2H3. The molecule has 0 aliphatic heterocycles. The van der Waals surface area contributed by atoms with Crippen LogP contribution in [0.15, 0.2) is 50.4 Å². The molecule has 8 unspecified atom stereocenters. The lowest BCUT2D eigenvalue weighted by atomic mass is 9.41. The molecule has 41 heavy (non-hydrogen) atoms. The number of carbonyl (C=O) groups is 2. The second-order valence-corrected chi connectivity index (χ2v) is 13.4. The minimum atomic E-state index is -1.29. The van der Waals surface area contributed by atoms with Crippen LogP contribution in [0.1, 0.15) is 82.0 Å². The van der Waals surface area contributed by atoms with Crippen molar-refractivity contribution >= 4 is 12.3 Å². The summed E-state index contributed by atoms with van der Waals surface area (Å²) in [7, 11) is 1.82. The molecule has 4 aliphatic rings. The van der Waals surface area contributed by atoms with Crippen LogP contribution in [0.4, 0.5) is 0 Å². The molecule has 0 amide bonds. The molecule has 6 rings (SSSR count). The number of ether oxygens (including phenoxy) is 1. The van der Waals surface area contributed by atoms with Crippen LogP contribution >= 0.6 is 0 Å². The van der Waals surface area contributed by atoms with Gasteiger partial charge in [0.25, 0.3) is 0 Å². The third kappa shape index (κ3) is 4.43. The number of hydrogen-bond acceptors (Lipinski definition) is 9. The fourth-order valence-electron chi connectivity index (χ4n) is 9.50. The Bertz CT molecular complexity index is 1320. The Labute approximate surface area is 239 Å². The molecule has 9 nitrogen and oxygen atoms in total. The molecule has 9 heteroatoms. The van der Waals surface area contributed by atoms with Crippen molar-refractivity contribution in [3.8, 4) is 0 Å². The molecule has 2 aromatic heterocycles. The van der Waals surface area contributed by atoms with Gasteiger partial charge in [-0.15, -0.1) is 0 Å². The zero-order chi connectivity index (χ0) is 29.0. The van der Waals surface area contributed by atoms with Gasteiger partial charge in [0, 0.05) is 17.9 Å². The second kappa shape index (κ2) is 10.2. The summed E-state index contributed by atoms with van der Waals surface area (Å²) in [6.07, 6.45) is 8.56. The van der Waals surface area contributed by atoms with Crippen molar-refractivity contribution in [3.63, 3.8) is 0 Å². The van der Waals surface area contributed by atoms with Crippen molar-refractivity contribution in [1.82, 2.24) is 4.90 Å². The molecule has 4 aliphatic carbocycles. The van der Waals surface area contributed by atoms with E-state index in [1.165, 1.54) is 12.3 Å². The summed E-state index contributed by atoms with van der Waals surface area (Å²) in [6.45, 7) is 2.71. The number of furan rings is 1. The van der Waals surface area contributed by atoms with Crippen LogP contribution in [0.3, 0.4) is 0 Å². The van der Waals surface area contributed by atoms with Crippen LogP contribution < -0.4 is 5.63 Å². The van der Waals surface area contributed by atoms with Crippen molar-refractivity contribution < 1.29 is 33.4 Å². The molecule has 2 heterocycles. The summed E-state index contributed by atoms with van der Waals surface area (Å²) >= 11 is 0. The first-order valence-electron chi connectivity index (χ1n) is 14.9. The van der Waals surface area contributed by atoms with Gasteiger partial charge in [0.15, 0.2) is 0 Å². The van der Waals surface area contributed by atoms with E-state index in [1.807, 2.05) is 24.1 Å². The van der Waals surface area contributed by atoms with Gasteiger partial charge in [-0.2, -0.15) is 0 Å². The van der Waals surface area contributed by atoms with Gasteiger partial charge in [-0.3, -0.25) is 9.69 Å². The van der Waals surface area contributed by atoms with E-state index in [2.05, 4.69) is 6.92 Å². The highest BCUT2D eigenvalue weighted by Gasteiger charge is 2.71. The first kappa shape index (κ1) is 28.4. The lowest BCUT2D eigenvalue weighted by molar-refractivity contribution is -0.248. The summed E-state index contributed by atoms with van der Waals surface area (Å²) in [6, 6.07) is 6.90. The summed E-state index contributed by atoms with van der Waals surface area (Å²) in [5.74, 6) is 0.166. The maximum absolute atomic E-state index is 13.0. The number of rotatable bonds is 7. The van der Waals surface area contributed by atoms with Gasteiger partial charge < -0.3 is 28.6 Å². The lowest BCUT2D eigenvalue weighted by Crippen LogP contribution is -2.68. The minimum absolute atomic E-state index is 0.0480. The molecule has 0 radical (unpaired) electrons. The van der Waals surface area contributed by atoms with Crippen LogP contribution in [-0.2, 0) is 20.9 Å². The number of hydrogen-bond donors (Lipinski definition) is 2. The highest BCUT2D eigenvalue weighted by atomic mass is 16.5. The molecule has 4 saturated carbocycles. The molecular weight excluding hydrogens is 526 g/mol. The predicted octanol–water partition coefficient (Wildman–Crippen LogP) is 3.81. The molecule has 2 aromatic rings. The first-order chi connectivity index (χ1) is 19.5. The van der Waals surface area contributed by atoms with E-state index in [0.717, 1.165) is 30.5 Å². The van der Waals surface area contributed by atoms with Crippen LogP contribution in [0.2, 0.25) is 0 Å². The third-order valence-corrected chi connectivity index (χ3v) is 11.5. The molecule has 8 atom stereocenters. The van der Waals surface area contributed by atoms with Crippen LogP contribution in [0, 0.1) is 22.7 Å². The van der Waals surface area contributed by atoms with Crippen molar-refractivity contribution in [1.29, 1.82) is 0 Å². The molecule has 4 fully saturated rings. The zero-order valence-electron chi connectivity index (χ0n) is 23.9. The number of aldehydes is 1. The molecule has 0 spiro atoms. The smallest absolute Gasteiger partial charge is 0.335 e. The molecular formula is C32H41NO8. The topological polar surface area (TPSA) is 130 Å². The molecule has 2 N–H and O–H groups in total. The van der Waals surface area contributed by atoms with E-state index in [1.54, 1.807) is 12.3 Å². The van der Waals surface area contributed by atoms with Gasteiger partial charge in [-0.05, 0) is 99.9 Å². The lowest BCUT2D eigenvalue weighted by Gasteiger charge is -2.65. The van der Waals surface area contributed by atoms with Gasteiger partial charge in [0.1, 0.15) is 18.2 Å². The molecule has 0 aromatic carbocycles. The highest BCUT2D eigenvalue weighted by Crippen LogP contribution is 2.71. The van der Waals surface area contributed by atoms with Crippen LogP contribution in [-0.4, -0.2) is 58.3 Å². The average Bonchev–Trinajstić information content (AvgIpc) is 3.54. The number of carbonyl (C=O) groups excluding carboxylic acids is 2. The van der Waals surface area contributed by atoms with Gasteiger partial charge in [0.05, 0.1) is 42.2 Å². The maximum atomic E-state index is 13.0. The van der Waals surface area contributed by atoms with Crippen molar-refractivity contribution in [2.45, 2.75) is 94.5 Å². The van der Waals surface area contributed by atoms with E-state index in [9.17, 15) is 24.6 Å². The van der Waals surface area contributed by atoms with Gasteiger partial charge >= 0.3 is 11.6 Å². The van der Waals surface area contributed by atoms with Crippen LogP contribution in [0.5, 0.6) is 0 Å². The largest absolute Gasteiger partial charge is 0.468 e. The summed E-state index contributed by atoms with van der Waals surface area (Å²) in [5, 5.41) is 24.5. The fourth-order valence-corrected chi connectivity index (χ4v) is 9.50. The predicted molar refractivity (Wildman–Crippen MR) is 148 cm³/mol. The Morgan fingerprint density at radius 1 is 1.07 bits per heavy atom. The van der Waals surface area contributed by atoms with Crippen molar-refractivity contribution in [3.05, 3.63) is 58.5 Å². The third-order valence-electron chi connectivity index (χ3n) is 11.5. The van der Waals surface area contributed by atoms with Crippen LogP contribution in [0.25, 0.3) is 0 Å². The SMILES string of the molecule is CN(CC(=O)OC1CCC2(C=O)C3CCC4(C)C(c5ccc(=O)oc5)CCC4(O)C3CCC2(O)C1)Cc1ccco1. The van der Waals surface area contributed by atoms with Gasteiger partial charge in [-0.1, -0.05) is 6.92 Å². The monoisotopic (exact) mass is 567 g/mol. The van der Waals surface area contributed by atoms with Crippen molar-refractivity contribution in [2.24, 2.45) is 22.7 Å². The zero-order valence-corrected chi connectivity index (χ0v) is 23.9. The number of likely N-dealkylation sites (N-methyl/N-ethyl adjacent to an activating group) is 1. The summed E-state index contributed by atoms with van der Waals surface area (Å²) < 4.78 is 16.4. The van der Waals surface area contributed by atoms with E-state index in [4.69, 9.17) is 13.6 Å². The quantitative estimate of drug-likeness (QED) is 0.379. The second-order valence-electron chi connectivity index (χ2n) is 13.4. The number of aliphatic hydroxyl groups is 2. The fraction of sp³-hybridized carbons (Fsp3) is 0.656. The maximum Gasteiger partial charge on any atom is 0.335 e. The van der Waals surface area contributed by atoms with E-state index < -0.39 is 33.8 Å². The Hall–Kier alpha value is -2.75. The first-order valence-corrected chi connectivity index (χ1v) is 14.9. The molecule has 0 bridgehead atoms. The highest BCUT2D eigenvalue weighted by molar-refractivity contribution is 5.72. The Kier molecular flexibility index (Phi) is 7.06. The van der Waals surface area contributed by atoms with E-state index in [0.29, 0.717) is 45.1 Å². The Balaban J connectivity index is 1.17. The van der Waals surface area contributed by atoms with E-state index in [-0.39, 0.29) is 36.7 Å². The average molecular weight is 568 g/mol. The number of fused-ring (bicyclic) bond motifs is 5. The summed E-state index contributed by atoms with van der Waals surface area (Å²) in [4.78, 5) is 39.1. The number of nitrogens with zero attached hydrogens (tertiary/aromatic N) is 1. The summed E-state index contributed by atoms with van der Waals surface area (Å²) in [5.41, 5.74) is -3.15. The minimum Gasteiger partial charge on any atom is -0.468 e. The molecule has 0 saturated heterocycles.